The highest BCUT2D eigenvalue weighted by molar-refractivity contribution is 5.75. The average Bonchev–Trinajstić information content (AvgIpc) is 2.64. The fourth-order valence-corrected chi connectivity index (χ4v) is 2.17. The van der Waals surface area contributed by atoms with Gasteiger partial charge in [0.1, 0.15) is 0 Å². The number of rotatable bonds is 0. The van der Waals surface area contributed by atoms with Gasteiger partial charge in [0.05, 0.1) is 18.1 Å². The zero-order chi connectivity index (χ0) is 8.84. The van der Waals surface area contributed by atoms with Gasteiger partial charge >= 0.3 is 0 Å². The molecule has 14 heavy (non-hydrogen) atoms. The number of hydrogen-bond acceptors (Lipinski definition) is 0. The third-order valence-corrected chi connectivity index (χ3v) is 2.82. The number of hydrogen-bond donors (Lipinski definition) is 0. The first-order valence-electron chi connectivity index (χ1n) is 4.84. The van der Waals surface area contributed by atoms with E-state index in [-0.39, 0.29) is 12.4 Å². The normalized spacial score (nSPS) is 14.1. The van der Waals surface area contributed by atoms with Crippen molar-refractivity contribution < 1.29 is 17.1 Å². The smallest absolute Gasteiger partial charge is 0.238 e. The molecule has 0 radical (unpaired) electrons. The van der Waals surface area contributed by atoms with Crippen LogP contribution in [0.4, 0.5) is 0 Å². The topological polar surface area (TPSA) is 8.81 Å². The SMILES string of the molecule is Cc1ccc2cn3[n+](c2c1)CCC3.[Cl-]. The lowest BCUT2D eigenvalue weighted by Crippen LogP contribution is -3.00. The lowest BCUT2D eigenvalue weighted by atomic mass is 10.2. The van der Waals surface area contributed by atoms with Crippen molar-refractivity contribution in [3.63, 3.8) is 0 Å². The summed E-state index contributed by atoms with van der Waals surface area (Å²) < 4.78 is 4.70. The molecule has 0 unspecified atom stereocenters. The van der Waals surface area contributed by atoms with Gasteiger partial charge in [0.2, 0.25) is 5.52 Å². The average molecular weight is 209 g/mol. The van der Waals surface area contributed by atoms with Crippen LogP contribution in [-0.2, 0) is 13.1 Å². The molecule has 0 atom stereocenters. The molecule has 0 saturated heterocycles. The molecule has 0 aliphatic carbocycles. The van der Waals surface area contributed by atoms with Gasteiger partial charge in [-0.1, -0.05) is 6.07 Å². The molecule has 1 aromatic carbocycles. The van der Waals surface area contributed by atoms with Gasteiger partial charge in [-0.15, -0.1) is 4.68 Å². The number of halogens is 1. The fraction of sp³-hybridized carbons (Fsp3) is 0.364. The number of nitrogens with zero attached hydrogens (tertiary/aromatic N) is 2. The molecule has 0 spiro atoms. The second-order valence-corrected chi connectivity index (χ2v) is 3.83. The van der Waals surface area contributed by atoms with E-state index in [4.69, 9.17) is 0 Å². The number of fused-ring (bicyclic) bond motifs is 3. The maximum absolute atomic E-state index is 2.38. The van der Waals surface area contributed by atoms with Crippen LogP contribution in [-0.4, -0.2) is 4.68 Å². The molecular formula is C11H13ClN2. The molecule has 3 heteroatoms. The Morgan fingerprint density at radius 2 is 2.21 bits per heavy atom. The molecule has 0 saturated carbocycles. The van der Waals surface area contributed by atoms with E-state index >= 15 is 0 Å². The quantitative estimate of drug-likeness (QED) is 0.474. The van der Waals surface area contributed by atoms with Crippen molar-refractivity contribution >= 4 is 10.9 Å². The first-order valence-corrected chi connectivity index (χ1v) is 4.84. The van der Waals surface area contributed by atoms with Crippen molar-refractivity contribution in [2.24, 2.45) is 0 Å². The molecule has 2 aromatic rings. The van der Waals surface area contributed by atoms with Crippen LogP contribution in [0.1, 0.15) is 12.0 Å². The minimum Gasteiger partial charge on any atom is -1.00 e. The highest BCUT2D eigenvalue weighted by Crippen LogP contribution is 2.15. The van der Waals surface area contributed by atoms with E-state index in [0.29, 0.717) is 0 Å². The van der Waals surface area contributed by atoms with E-state index < -0.39 is 0 Å². The summed E-state index contributed by atoms with van der Waals surface area (Å²) in [6.45, 7) is 4.50. The van der Waals surface area contributed by atoms with Crippen LogP contribution in [0.5, 0.6) is 0 Å². The van der Waals surface area contributed by atoms with Gasteiger partial charge in [0, 0.05) is 12.5 Å². The summed E-state index contributed by atoms with van der Waals surface area (Å²) in [7, 11) is 0. The predicted molar refractivity (Wildman–Crippen MR) is 51.5 cm³/mol. The van der Waals surface area contributed by atoms with E-state index in [1.165, 1.54) is 36.0 Å². The molecule has 0 N–H and O–H groups in total. The highest BCUT2D eigenvalue weighted by atomic mass is 35.5. The summed E-state index contributed by atoms with van der Waals surface area (Å²) in [5.74, 6) is 0. The maximum Gasteiger partial charge on any atom is 0.238 e. The number of benzene rings is 1. The largest absolute Gasteiger partial charge is 1.00 e. The van der Waals surface area contributed by atoms with Gasteiger partial charge in [0.25, 0.3) is 0 Å². The minimum atomic E-state index is 0. The van der Waals surface area contributed by atoms with E-state index in [9.17, 15) is 0 Å². The molecule has 2 nitrogen and oxygen atoms in total. The lowest BCUT2D eigenvalue weighted by Gasteiger charge is -1.89. The van der Waals surface area contributed by atoms with Crippen LogP contribution < -0.4 is 17.1 Å². The molecule has 1 aliphatic heterocycles. The van der Waals surface area contributed by atoms with Crippen LogP contribution in [0, 0.1) is 6.92 Å². The molecule has 0 fully saturated rings. The molecule has 0 bridgehead atoms. The molecule has 1 aliphatic rings. The summed E-state index contributed by atoms with van der Waals surface area (Å²) in [5, 5.41) is 1.37. The van der Waals surface area contributed by atoms with E-state index in [1.54, 1.807) is 0 Å². The summed E-state index contributed by atoms with van der Waals surface area (Å²) in [4.78, 5) is 0. The van der Waals surface area contributed by atoms with Crippen LogP contribution in [0.25, 0.3) is 10.9 Å². The van der Waals surface area contributed by atoms with Gasteiger partial charge < -0.3 is 12.4 Å². The minimum absolute atomic E-state index is 0. The highest BCUT2D eigenvalue weighted by Gasteiger charge is 2.21. The Bertz CT molecular complexity index is 473. The summed E-state index contributed by atoms with van der Waals surface area (Å²) in [6.07, 6.45) is 3.53. The van der Waals surface area contributed by atoms with Gasteiger partial charge in [-0.2, -0.15) is 4.68 Å². The van der Waals surface area contributed by atoms with Crippen molar-refractivity contribution in [1.29, 1.82) is 0 Å². The first-order chi connectivity index (χ1) is 6.34. The van der Waals surface area contributed by atoms with Gasteiger partial charge in [-0.25, -0.2) is 0 Å². The molecule has 0 amide bonds. The van der Waals surface area contributed by atoms with Crippen molar-refractivity contribution in [2.45, 2.75) is 26.4 Å². The Morgan fingerprint density at radius 1 is 1.36 bits per heavy atom. The van der Waals surface area contributed by atoms with Crippen molar-refractivity contribution in [3.05, 3.63) is 30.0 Å². The summed E-state index contributed by atoms with van der Waals surface area (Å²) in [6, 6.07) is 6.67. The number of aryl methyl sites for hydroxylation is 3. The fourth-order valence-electron chi connectivity index (χ4n) is 2.17. The van der Waals surface area contributed by atoms with Gasteiger partial charge in [0.15, 0.2) is 6.54 Å². The van der Waals surface area contributed by atoms with Crippen LogP contribution in [0.15, 0.2) is 24.4 Å². The predicted octanol–water partition coefficient (Wildman–Crippen LogP) is -1.36. The molecular weight excluding hydrogens is 196 g/mol. The Morgan fingerprint density at radius 3 is 3.07 bits per heavy atom. The maximum atomic E-state index is 2.38. The molecule has 74 valence electrons. The zero-order valence-corrected chi connectivity index (χ0v) is 8.96. The lowest BCUT2D eigenvalue weighted by molar-refractivity contribution is -0.734. The van der Waals surface area contributed by atoms with E-state index in [2.05, 4.69) is 40.7 Å². The second kappa shape index (κ2) is 3.28. The first kappa shape index (κ1) is 9.53. The van der Waals surface area contributed by atoms with Crippen LogP contribution in [0.2, 0.25) is 0 Å². The van der Waals surface area contributed by atoms with E-state index in [0.717, 1.165) is 0 Å². The molecule has 1 aromatic heterocycles. The van der Waals surface area contributed by atoms with Crippen LogP contribution in [0.3, 0.4) is 0 Å². The third kappa shape index (κ3) is 1.22. The van der Waals surface area contributed by atoms with Gasteiger partial charge in [-0.3, -0.25) is 0 Å². The summed E-state index contributed by atoms with van der Waals surface area (Å²) in [5.41, 5.74) is 2.73. The third-order valence-electron chi connectivity index (χ3n) is 2.82. The second-order valence-electron chi connectivity index (χ2n) is 3.83. The zero-order valence-electron chi connectivity index (χ0n) is 8.20. The standard InChI is InChI=1S/C11H13N2.ClH/c1-9-3-4-10-8-12-5-2-6-13(12)11(10)7-9;/h3-4,7-8H,2,5-6H2,1H3;1H/q+1;/p-1. The number of aromatic nitrogens is 2. The Labute approximate surface area is 89.5 Å². The Kier molecular flexibility index (Phi) is 2.23. The Balaban J connectivity index is 0.000000750. The molecule has 2 heterocycles. The van der Waals surface area contributed by atoms with E-state index in [1.807, 2.05) is 0 Å². The van der Waals surface area contributed by atoms with Crippen LogP contribution >= 0.6 is 0 Å². The van der Waals surface area contributed by atoms with Crippen molar-refractivity contribution in [3.8, 4) is 0 Å². The van der Waals surface area contributed by atoms with Crippen molar-refractivity contribution in [2.75, 3.05) is 0 Å². The van der Waals surface area contributed by atoms with Crippen molar-refractivity contribution in [1.82, 2.24) is 4.68 Å². The Hall–Kier alpha value is -1.02. The van der Waals surface area contributed by atoms with Gasteiger partial charge in [-0.05, 0) is 18.6 Å². The monoisotopic (exact) mass is 208 g/mol. The molecule has 3 rings (SSSR count). The summed E-state index contributed by atoms with van der Waals surface area (Å²) >= 11 is 0.